The number of nitrogens with zero attached hydrogens (tertiary/aromatic N) is 1. The zero-order valence-corrected chi connectivity index (χ0v) is 13.1. The molecule has 1 heterocycles. The van der Waals surface area contributed by atoms with Gasteiger partial charge in [-0.1, -0.05) is 12.1 Å². The normalized spacial score (nSPS) is 19.4. The van der Waals surface area contributed by atoms with E-state index in [0.717, 1.165) is 24.9 Å². The molecular weight excluding hydrogens is 266 g/mol. The second kappa shape index (κ2) is 6.48. The molecule has 0 aliphatic carbocycles. The Morgan fingerprint density at radius 2 is 2.00 bits per heavy atom. The molecule has 116 valence electrons. The molecule has 1 aromatic rings. The van der Waals surface area contributed by atoms with Crippen molar-refractivity contribution in [2.75, 3.05) is 13.2 Å². The van der Waals surface area contributed by atoms with Crippen molar-refractivity contribution in [1.29, 1.82) is 0 Å². The second-order valence-corrected chi connectivity index (χ2v) is 6.30. The maximum Gasteiger partial charge on any atom is 0.260 e. The minimum Gasteiger partial charge on any atom is -0.484 e. The fraction of sp³-hybridized carbons (Fsp3) is 0.588. The minimum atomic E-state index is -0.864. The van der Waals surface area contributed by atoms with E-state index in [9.17, 15) is 9.90 Å². The van der Waals surface area contributed by atoms with Crippen LogP contribution in [0, 0.1) is 0 Å². The van der Waals surface area contributed by atoms with Crippen LogP contribution >= 0.6 is 0 Å². The first-order chi connectivity index (χ1) is 9.88. The van der Waals surface area contributed by atoms with Crippen molar-refractivity contribution in [2.24, 2.45) is 0 Å². The van der Waals surface area contributed by atoms with Crippen molar-refractivity contribution in [1.82, 2.24) is 4.90 Å². The van der Waals surface area contributed by atoms with Crippen LogP contribution in [0.4, 0.5) is 0 Å². The van der Waals surface area contributed by atoms with Gasteiger partial charge in [-0.05, 0) is 57.7 Å². The highest BCUT2D eigenvalue weighted by Crippen LogP contribution is 2.22. The lowest BCUT2D eigenvalue weighted by atomic mass is 9.99. The van der Waals surface area contributed by atoms with Crippen molar-refractivity contribution in [3.63, 3.8) is 0 Å². The highest BCUT2D eigenvalue weighted by Gasteiger charge is 2.23. The van der Waals surface area contributed by atoms with Crippen LogP contribution in [0.5, 0.6) is 5.75 Å². The Morgan fingerprint density at radius 1 is 1.33 bits per heavy atom. The molecule has 0 unspecified atom stereocenters. The zero-order valence-electron chi connectivity index (χ0n) is 13.1. The fourth-order valence-corrected chi connectivity index (χ4v) is 2.66. The van der Waals surface area contributed by atoms with Crippen LogP contribution in [0.15, 0.2) is 24.3 Å². The molecule has 1 atom stereocenters. The number of carbonyl (C=O) groups is 1. The van der Waals surface area contributed by atoms with Gasteiger partial charge in [-0.15, -0.1) is 0 Å². The first-order valence-electron chi connectivity index (χ1n) is 7.63. The molecular formula is C17H25NO3. The molecule has 0 bridgehead atoms. The third kappa shape index (κ3) is 4.21. The first kappa shape index (κ1) is 15.8. The van der Waals surface area contributed by atoms with Crippen LogP contribution in [-0.2, 0) is 10.4 Å². The monoisotopic (exact) mass is 291 g/mol. The summed E-state index contributed by atoms with van der Waals surface area (Å²) in [7, 11) is 0. The molecule has 1 saturated heterocycles. The van der Waals surface area contributed by atoms with E-state index in [1.807, 2.05) is 17.0 Å². The van der Waals surface area contributed by atoms with E-state index in [2.05, 4.69) is 6.92 Å². The molecule has 0 saturated carbocycles. The van der Waals surface area contributed by atoms with Crippen molar-refractivity contribution in [2.45, 2.75) is 51.7 Å². The molecule has 0 spiro atoms. The third-order valence-electron chi connectivity index (χ3n) is 4.05. The second-order valence-electron chi connectivity index (χ2n) is 6.30. The van der Waals surface area contributed by atoms with Crippen LogP contribution in [0.25, 0.3) is 0 Å². The van der Waals surface area contributed by atoms with Gasteiger partial charge < -0.3 is 14.7 Å². The van der Waals surface area contributed by atoms with Gasteiger partial charge in [-0.2, -0.15) is 0 Å². The number of aliphatic hydroxyl groups is 1. The predicted octanol–water partition coefficient (Wildman–Crippen LogP) is 2.69. The van der Waals surface area contributed by atoms with Gasteiger partial charge >= 0.3 is 0 Å². The number of piperidine rings is 1. The Bertz CT molecular complexity index is 476. The van der Waals surface area contributed by atoms with Gasteiger partial charge in [0.2, 0.25) is 0 Å². The summed E-state index contributed by atoms with van der Waals surface area (Å²) in [5, 5.41) is 9.90. The number of likely N-dealkylation sites (tertiary alicyclic amines) is 1. The lowest BCUT2D eigenvalue weighted by Gasteiger charge is -2.33. The summed E-state index contributed by atoms with van der Waals surface area (Å²) in [5.41, 5.74) is -0.0387. The summed E-state index contributed by atoms with van der Waals surface area (Å²) in [6.45, 7) is 6.48. The quantitative estimate of drug-likeness (QED) is 0.928. The van der Waals surface area contributed by atoms with Crippen molar-refractivity contribution >= 4 is 5.91 Å². The van der Waals surface area contributed by atoms with Gasteiger partial charge in [0.25, 0.3) is 5.91 Å². The largest absolute Gasteiger partial charge is 0.484 e. The van der Waals surface area contributed by atoms with E-state index >= 15 is 0 Å². The number of ether oxygens (including phenoxy) is 1. The lowest BCUT2D eigenvalue weighted by molar-refractivity contribution is -0.136. The molecule has 4 heteroatoms. The maximum absolute atomic E-state index is 12.2. The van der Waals surface area contributed by atoms with E-state index in [1.165, 1.54) is 6.42 Å². The summed E-state index contributed by atoms with van der Waals surface area (Å²) in [6.07, 6.45) is 3.35. The lowest BCUT2D eigenvalue weighted by Crippen LogP contribution is -2.44. The van der Waals surface area contributed by atoms with Crippen LogP contribution < -0.4 is 4.74 Å². The van der Waals surface area contributed by atoms with Crippen molar-refractivity contribution in [3.8, 4) is 5.75 Å². The summed E-state index contributed by atoms with van der Waals surface area (Å²) in [5.74, 6) is 0.703. The molecule has 1 aromatic carbocycles. The SMILES string of the molecule is C[C@@H]1CCCCN1C(=O)COc1ccc(C(C)(C)O)cc1. The molecule has 1 aliphatic heterocycles. The Morgan fingerprint density at radius 3 is 2.57 bits per heavy atom. The zero-order chi connectivity index (χ0) is 15.5. The van der Waals surface area contributed by atoms with Gasteiger partial charge in [-0.3, -0.25) is 4.79 Å². The fourth-order valence-electron chi connectivity index (χ4n) is 2.66. The predicted molar refractivity (Wildman–Crippen MR) is 82.2 cm³/mol. The topological polar surface area (TPSA) is 49.8 Å². The Balaban J connectivity index is 1.89. The first-order valence-corrected chi connectivity index (χ1v) is 7.63. The van der Waals surface area contributed by atoms with Crippen LogP contribution in [0.2, 0.25) is 0 Å². The van der Waals surface area contributed by atoms with E-state index in [4.69, 9.17) is 4.74 Å². The van der Waals surface area contributed by atoms with Gasteiger partial charge in [0.15, 0.2) is 6.61 Å². The highest BCUT2D eigenvalue weighted by molar-refractivity contribution is 5.78. The molecule has 1 N–H and O–H groups in total. The molecule has 1 fully saturated rings. The van der Waals surface area contributed by atoms with Crippen LogP contribution in [0.3, 0.4) is 0 Å². The molecule has 2 rings (SSSR count). The smallest absolute Gasteiger partial charge is 0.260 e. The molecule has 0 aromatic heterocycles. The van der Waals surface area contributed by atoms with Crippen LogP contribution in [-0.4, -0.2) is 35.1 Å². The Hall–Kier alpha value is -1.55. The molecule has 1 amide bonds. The number of hydrogen-bond acceptors (Lipinski definition) is 3. The van der Waals surface area contributed by atoms with E-state index < -0.39 is 5.60 Å². The standard InChI is InChI=1S/C17H25NO3/c1-13-6-4-5-11-18(13)16(19)12-21-15-9-7-14(8-10-15)17(2,3)20/h7-10,13,20H,4-6,11-12H2,1-3H3/t13-/m1/s1. The van der Waals surface area contributed by atoms with Crippen molar-refractivity contribution < 1.29 is 14.6 Å². The third-order valence-corrected chi connectivity index (χ3v) is 4.05. The summed E-state index contributed by atoms with van der Waals surface area (Å²) >= 11 is 0. The molecule has 1 aliphatic rings. The number of amides is 1. The van der Waals surface area contributed by atoms with Gasteiger partial charge in [0.1, 0.15) is 5.75 Å². The average molecular weight is 291 g/mol. The molecule has 21 heavy (non-hydrogen) atoms. The summed E-state index contributed by atoms with van der Waals surface area (Å²) in [4.78, 5) is 14.1. The van der Waals surface area contributed by atoms with Gasteiger partial charge in [-0.25, -0.2) is 0 Å². The Labute approximate surface area is 126 Å². The average Bonchev–Trinajstić information content (AvgIpc) is 2.45. The van der Waals surface area contributed by atoms with Gasteiger partial charge in [0.05, 0.1) is 5.60 Å². The minimum absolute atomic E-state index is 0.0498. The number of hydrogen-bond donors (Lipinski definition) is 1. The van der Waals surface area contributed by atoms with E-state index in [0.29, 0.717) is 11.8 Å². The number of benzene rings is 1. The molecule has 4 nitrogen and oxygen atoms in total. The van der Waals surface area contributed by atoms with Crippen molar-refractivity contribution in [3.05, 3.63) is 29.8 Å². The molecule has 0 radical (unpaired) electrons. The number of carbonyl (C=O) groups excluding carboxylic acids is 1. The Kier molecular flexibility index (Phi) is 4.88. The maximum atomic E-state index is 12.2. The highest BCUT2D eigenvalue weighted by atomic mass is 16.5. The van der Waals surface area contributed by atoms with Crippen LogP contribution in [0.1, 0.15) is 45.6 Å². The summed E-state index contributed by atoms with van der Waals surface area (Å²) < 4.78 is 5.56. The van der Waals surface area contributed by atoms with E-state index in [1.54, 1.807) is 26.0 Å². The summed E-state index contributed by atoms with van der Waals surface area (Å²) in [6, 6.07) is 7.54. The van der Waals surface area contributed by atoms with E-state index in [-0.39, 0.29) is 12.5 Å². The number of rotatable bonds is 4. The van der Waals surface area contributed by atoms with Gasteiger partial charge in [0, 0.05) is 12.6 Å².